The van der Waals surface area contributed by atoms with Gasteiger partial charge < -0.3 is 20.5 Å². The van der Waals surface area contributed by atoms with Gasteiger partial charge in [-0.25, -0.2) is 9.18 Å². The van der Waals surface area contributed by atoms with Gasteiger partial charge in [-0.15, -0.1) is 0 Å². The molecule has 1 aliphatic carbocycles. The van der Waals surface area contributed by atoms with E-state index >= 15 is 4.39 Å². The number of halogens is 1. The Morgan fingerprint density at radius 3 is 2.59 bits per heavy atom. The molecule has 3 aliphatic rings. The summed E-state index contributed by atoms with van der Waals surface area (Å²) >= 11 is 0. The molecule has 2 fully saturated rings. The summed E-state index contributed by atoms with van der Waals surface area (Å²) in [6.45, 7) is 5.58. The summed E-state index contributed by atoms with van der Waals surface area (Å²) in [4.78, 5) is 40.1. The second-order valence-corrected chi connectivity index (χ2v) is 11.1. The predicted molar refractivity (Wildman–Crippen MR) is 142 cm³/mol. The monoisotopic (exact) mass is 541 g/mol. The van der Waals surface area contributed by atoms with Crippen molar-refractivity contribution < 1.29 is 28.6 Å². The van der Waals surface area contributed by atoms with Gasteiger partial charge in [-0.05, 0) is 62.6 Å². The van der Waals surface area contributed by atoms with E-state index in [0.29, 0.717) is 49.8 Å². The Bertz CT molecular complexity index is 1250. The fourth-order valence-corrected chi connectivity index (χ4v) is 6.44. The van der Waals surface area contributed by atoms with Crippen LogP contribution >= 0.6 is 0 Å². The summed E-state index contributed by atoms with van der Waals surface area (Å²) < 4.78 is 22.7. The summed E-state index contributed by atoms with van der Waals surface area (Å²) in [7, 11) is 0. The number of hydrogen-bond donors (Lipinski definition) is 3. The van der Waals surface area contributed by atoms with Crippen molar-refractivity contribution in [3.63, 3.8) is 0 Å². The Kier molecular flexibility index (Phi) is 7.61. The van der Waals surface area contributed by atoms with E-state index in [0.717, 1.165) is 30.6 Å². The maximum atomic E-state index is 15.7. The van der Waals surface area contributed by atoms with Gasteiger partial charge in [0.15, 0.2) is 0 Å². The molecule has 210 valence electrons. The molecule has 1 saturated carbocycles. The molecule has 11 heteroatoms. The summed E-state index contributed by atoms with van der Waals surface area (Å²) in [5.41, 5.74) is 0.496. The number of nitrogens with zero attached hydrogens (tertiary/aromatic N) is 3. The summed E-state index contributed by atoms with van der Waals surface area (Å²) in [6, 6.07) is 3.56. The first-order valence-corrected chi connectivity index (χ1v) is 13.8. The molecule has 39 heavy (non-hydrogen) atoms. The molecule has 0 bridgehead atoms. The molecule has 5 rings (SSSR count). The molecule has 1 aromatic heterocycles. The number of ether oxygens (including phenoxy) is 1. The average Bonchev–Trinajstić information content (AvgIpc) is 3.51. The number of carboxylic acid groups (broad SMARTS) is 1. The Labute approximate surface area is 226 Å². The normalized spacial score (nSPS) is 22.8. The highest BCUT2D eigenvalue weighted by molar-refractivity contribution is 6.01. The van der Waals surface area contributed by atoms with Gasteiger partial charge in [-0.2, -0.15) is 5.10 Å². The highest BCUT2D eigenvalue weighted by atomic mass is 19.1. The quantitative estimate of drug-likeness (QED) is 0.505. The number of anilines is 2. The fourth-order valence-electron chi connectivity index (χ4n) is 6.44. The van der Waals surface area contributed by atoms with Crippen molar-refractivity contribution in [2.24, 2.45) is 11.8 Å². The molecule has 1 saturated heterocycles. The molecule has 10 nitrogen and oxygen atoms in total. The van der Waals surface area contributed by atoms with E-state index in [1.807, 2.05) is 6.92 Å². The highest BCUT2D eigenvalue weighted by Gasteiger charge is 2.48. The standard InChI is InChI=1S/C28H36FN5O5/c1-3-34-21(8-11-30-34)25(35)32-24(18-6-4-17(2)5-7-18)26(36)31-19-14-20(29)23-22(15-19)33(27(37)38)16-28(23)9-12-39-13-10-28/h8,11,14-15,17-18,24H,3-7,9-10,12-13,16H2,1-2H3,(H,31,36)(H,32,35)(H,37,38)/t17-,18-,24?. The third kappa shape index (κ3) is 5.24. The van der Waals surface area contributed by atoms with E-state index in [-0.39, 0.29) is 23.8 Å². The van der Waals surface area contributed by atoms with Crippen LogP contribution < -0.4 is 15.5 Å². The third-order valence-electron chi connectivity index (χ3n) is 8.65. The largest absolute Gasteiger partial charge is 0.465 e. The first-order valence-electron chi connectivity index (χ1n) is 13.8. The Morgan fingerprint density at radius 2 is 1.92 bits per heavy atom. The average molecular weight is 542 g/mol. The predicted octanol–water partition coefficient (Wildman–Crippen LogP) is 4.15. The van der Waals surface area contributed by atoms with Crippen molar-refractivity contribution in [2.45, 2.75) is 70.4 Å². The van der Waals surface area contributed by atoms with E-state index in [1.54, 1.807) is 16.9 Å². The minimum absolute atomic E-state index is 0.0801. The lowest BCUT2D eigenvalue weighted by Gasteiger charge is -2.34. The molecule has 3 amide bonds. The lowest BCUT2D eigenvalue weighted by molar-refractivity contribution is -0.119. The van der Waals surface area contributed by atoms with Gasteiger partial charge in [-0.1, -0.05) is 19.8 Å². The van der Waals surface area contributed by atoms with Crippen molar-refractivity contribution in [3.05, 3.63) is 41.5 Å². The van der Waals surface area contributed by atoms with Crippen LogP contribution in [0.25, 0.3) is 0 Å². The summed E-state index contributed by atoms with van der Waals surface area (Å²) in [5.74, 6) is -0.930. The van der Waals surface area contributed by atoms with Crippen LogP contribution in [0.3, 0.4) is 0 Å². The molecule has 1 aromatic carbocycles. The van der Waals surface area contributed by atoms with Crippen LogP contribution in [0, 0.1) is 17.7 Å². The molecule has 1 unspecified atom stereocenters. The number of aromatic nitrogens is 2. The molecule has 0 radical (unpaired) electrons. The number of aryl methyl sites for hydroxylation is 1. The number of hydrogen-bond acceptors (Lipinski definition) is 5. The van der Waals surface area contributed by atoms with Crippen molar-refractivity contribution in [3.8, 4) is 0 Å². The minimum atomic E-state index is -1.17. The zero-order chi connectivity index (χ0) is 27.7. The topological polar surface area (TPSA) is 126 Å². The number of carbonyl (C=O) groups is 3. The first kappa shape index (κ1) is 27.1. The van der Waals surface area contributed by atoms with Crippen LogP contribution in [0.15, 0.2) is 24.4 Å². The van der Waals surface area contributed by atoms with Gasteiger partial charge >= 0.3 is 6.09 Å². The number of carbonyl (C=O) groups excluding carboxylic acids is 2. The van der Waals surface area contributed by atoms with Crippen molar-refractivity contribution in [2.75, 3.05) is 30.0 Å². The van der Waals surface area contributed by atoms with Crippen LogP contribution in [0.1, 0.15) is 68.4 Å². The number of nitrogens with one attached hydrogen (secondary N) is 2. The Balaban J connectivity index is 1.42. The molecule has 3 heterocycles. The number of rotatable bonds is 6. The van der Waals surface area contributed by atoms with E-state index in [9.17, 15) is 19.5 Å². The molecule has 1 spiro atoms. The second-order valence-electron chi connectivity index (χ2n) is 11.1. The third-order valence-corrected chi connectivity index (χ3v) is 8.65. The Morgan fingerprint density at radius 1 is 1.21 bits per heavy atom. The van der Waals surface area contributed by atoms with Crippen LogP contribution in [0.5, 0.6) is 0 Å². The van der Waals surface area contributed by atoms with Crippen LogP contribution in [-0.2, 0) is 21.5 Å². The minimum Gasteiger partial charge on any atom is -0.465 e. The number of amides is 3. The second kappa shape index (κ2) is 11.0. The van der Waals surface area contributed by atoms with Crippen LogP contribution in [0.4, 0.5) is 20.6 Å². The van der Waals surface area contributed by atoms with E-state index < -0.39 is 35.2 Å². The zero-order valence-corrected chi connectivity index (χ0v) is 22.4. The lowest BCUT2D eigenvalue weighted by atomic mass is 9.75. The van der Waals surface area contributed by atoms with E-state index in [1.165, 1.54) is 12.1 Å². The maximum absolute atomic E-state index is 15.7. The van der Waals surface area contributed by atoms with Crippen molar-refractivity contribution in [1.29, 1.82) is 0 Å². The molecule has 3 N–H and O–H groups in total. The molecule has 2 aliphatic heterocycles. The van der Waals surface area contributed by atoms with Gasteiger partial charge in [0.1, 0.15) is 17.6 Å². The highest BCUT2D eigenvalue weighted by Crippen LogP contribution is 2.49. The SMILES string of the molecule is CCn1nccc1C(=O)NC(C(=O)Nc1cc(F)c2c(c1)N(C(=O)O)CC21CCOCC1)[C@H]1CC[C@H](C)CC1. The molecular weight excluding hydrogens is 505 g/mol. The van der Waals surface area contributed by atoms with Gasteiger partial charge in [-0.3, -0.25) is 19.2 Å². The smallest absolute Gasteiger partial charge is 0.411 e. The van der Waals surface area contributed by atoms with Crippen molar-refractivity contribution >= 4 is 29.3 Å². The molecule has 2 aromatic rings. The zero-order valence-electron chi connectivity index (χ0n) is 22.4. The maximum Gasteiger partial charge on any atom is 0.411 e. The molecule has 1 atom stereocenters. The fraction of sp³-hybridized carbons (Fsp3) is 0.571. The lowest BCUT2D eigenvalue weighted by Crippen LogP contribution is -2.49. The Hall–Kier alpha value is -3.47. The molecular formula is C28H36FN5O5. The van der Waals surface area contributed by atoms with Crippen molar-refractivity contribution in [1.82, 2.24) is 15.1 Å². The first-order chi connectivity index (χ1) is 18.7. The summed E-state index contributed by atoms with van der Waals surface area (Å²) in [5, 5.41) is 19.7. The summed E-state index contributed by atoms with van der Waals surface area (Å²) in [6.07, 6.45) is 4.88. The van der Waals surface area contributed by atoms with Gasteiger partial charge in [0.2, 0.25) is 5.91 Å². The van der Waals surface area contributed by atoms with E-state index in [2.05, 4.69) is 22.7 Å². The van der Waals surface area contributed by atoms with Gasteiger partial charge in [0.05, 0.1) is 5.69 Å². The van der Waals surface area contributed by atoms with Crippen LogP contribution in [0.2, 0.25) is 0 Å². The van der Waals surface area contributed by atoms with E-state index in [4.69, 9.17) is 4.74 Å². The van der Waals surface area contributed by atoms with Gasteiger partial charge in [0, 0.05) is 49.2 Å². The van der Waals surface area contributed by atoms with Crippen LogP contribution in [-0.4, -0.2) is 58.6 Å². The number of benzene rings is 1. The number of fused-ring (bicyclic) bond motifs is 2. The van der Waals surface area contributed by atoms with Gasteiger partial charge in [0.25, 0.3) is 5.91 Å².